The SMILES string of the molecule is O=C1CCCc2cc(C(=O)c3ccc(Br)o3)ccc2N1. The van der Waals surface area contributed by atoms with E-state index in [1.54, 1.807) is 24.3 Å². The van der Waals surface area contributed by atoms with E-state index < -0.39 is 0 Å². The summed E-state index contributed by atoms with van der Waals surface area (Å²) in [5.41, 5.74) is 2.36. The molecule has 4 nitrogen and oxygen atoms in total. The number of amides is 1. The lowest BCUT2D eigenvalue weighted by molar-refractivity contribution is -0.116. The fraction of sp³-hybridized carbons (Fsp3) is 0.200. The van der Waals surface area contributed by atoms with Crippen molar-refractivity contribution in [2.24, 2.45) is 0 Å². The average Bonchev–Trinajstić information content (AvgIpc) is 2.77. The molecular weight excluding hydrogens is 322 g/mol. The fourth-order valence-electron chi connectivity index (χ4n) is 2.29. The molecule has 2 heterocycles. The molecule has 5 heteroatoms. The van der Waals surface area contributed by atoms with E-state index in [-0.39, 0.29) is 11.7 Å². The molecule has 20 heavy (non-hydrogen) atoms. The molecule has 0 atom stereocenters. The van der Waals surface area contributed by atoms with Crippen LogP contribution in [-0.2, 0) is 11.2 Å². The van der Waals surface area contributed by atoms with Gasteiger partial charge in [-0.05, 0) is 64.7 Å². The van der Waals surface area contributed by atoms with E-state index in [1.165, 1.54) is 0 Å². The minimum atomic E-state index is -0.158. The zero-order valence-corrected chi connectivity index (χ0v) is 12.2. The Morgan fingerprint density at radius 2 is 2.05 bits per heavy atom. The van der Waals surface area contributed by atoms with E-state index in [4.69, 9.17) is 4.42 Å². The molecule has 0 unspecified atom stereocenters. The number of furan rings is 1. The van der Waals surface area contributed by atoms with Crippen molar-refractivity contribution in [3.8, 4) is 0 Å². The van der Waals surface area contributed by atoms with Crippen LogP contribution in [0.4, 0.5) is 5.69 Å². The number of hydrogen-bond donors (Lipinski definition) is 1. The van der Waals surface area contributed by atoms with Gasteiger partial charge < -0.3 is 9.73 Å². The topological polar surface area (TPSA) is 59.3 Å². The lowest BCUT2D eigenvalue weighted by Crippen LogP contribution is -2.09. The number of carbonyl (C=O) groups excluding carboxylic acids is 2. The summed E-state index contributed by atoms with van der Waals surface area (Å²) in [7, 11) is 0. The molecule has 1 aromatic heterocycles. The average molecular weight is 334 g/mol. The summed E-state index contributed by atoms with van der Waals surface area (Å²) in [6.07, 6.45) is 2.10. The molecular formula is C15H12BrNO3. The number of hydrogen-bond acceptors (Lipinski definition) is 3. The van der Waals surface area contributed by atoms with Crippen molar-refractivity contribution >= 4 is 33.3 Å². The maximum atomic E-state index is 12.3. The number of rotatable bonds is 2. The largest absolute Gasteiger partial charge is 0.446 e. The molecule has 1 aliphatic heterocycles. The van der Waals surface area contributed by atoms with Crippen LogP contribution in [-0.4, -0.2) is 11.7 Å². The summed E-state index contributed by atoms with van der Waals surface area (Å²) >= 11 is 3.18. The summed E-state index contributed by atoms with van der Waals surface area (Å²) in [4.78, 5) is 23.8. The number of ketones is 1. The Kier molecular flexibility index (Phi) is 3.44. The molecule has 3 rings (SSSR count). The molecule has 1 N–H and O–H groups in total. The number of halogens is 1. The number of carbonyl (C=O) groups is 2. The highest BCUT2D eigenvalue weighted by atomic mass is 79.9. The van der Waals surface area contributed by atoms with Gasteiger partial charge in [0.1, 0.15) is 0 Å². The van der Waals surface area contributed by atoms with Crippen molar-refractivity contribution in [3.05, 3.63) is 51.9 Å². The molecule has 0 radical (unpaired) electrons. The van der Waals surface area contributed by atoms with Crippen LogP contribution in [0.25, 0.3) is 0 Å². The van der Waals surface area contributed by atoms with Crippen LogP contribution in [0, 0.1) is 0 Å². The summed E-state index contributed by atoms with van der Waals surface area (Å²) in [6, 6.07) is 8.66. The smallest absolute Gasteiger partial charge is 0.228 e. The van der Waals surface area contributed by atoms with Gasteiger partial charge in [-0.15, -0.1) is 0 Å². The van der Waals surface area contributed by atoms with Crippen LogP contribution in [0.2, 0.25) is 0 Å². The fourth-order valence-corrected chi connectivity index (χ4v) is 2.60. The van der Waals surface area contributed by atoms with Crippen LogP contribution in [0.3, 0.4) is 0 Å². The highest BCUT2D eigenvalue weighted by Gasteiger charge is 2.17. The molecule has 2 aromatic rings. The highest BCUT2D eigenvalue weighted by molar-refractivity contribution is 9.10. The van der Waals surface area contributed by atoms with Gasteiger partial charge in [0.25, 0.3) is 0 Å². The Bertz CT molecular complexity index is 690. The molecule has 1 aromatic carbocycles. The molecule has 1 amide bonds. The van der Waals surface area contributed by atoms with Crippen LogP contribution < -0.4 is 5.32 Å². The molecule has 0 bridgehead atoms. The third-order valence-corrected chi connectivity index (χ3v) is 3.71. The van der Waals surface area contributed by atoms with Crippen molar-refractivity contribution in [3.63, 3.8) is 0 Å². The second kappa shape index (κ2) is 5.25. The summed E-state index contributed by atoms with van der Waals surface area (Å²) < 4.78 is 5.81. The van der Waals surface area contributed by atoms with E-state index in [0.717, 1.165) is 24.1 Å². The standard InChI is InChI=1S/C15H12BrNO3/c16-13-7-6-12(20-13)15(19)10-4-5-11-9(8-10)2-1-3-14(18)17-11/h4-8H,1-3H2,(H,17,18). The Balaban J connectivity index is 1.94. The van der Waals surface area contributed by atoms with Gasteiger partial charge in [-0.3, -0.25) is 9.59 Å². The van der Waals surface area contributed by atoms with Gasteiger partial charge in [0.2, 0.25) is 11.7 Å². The molecule has 0 spiro atoms. The van der Waals surface area contributed by atoms with Gasteiger partial charge in [-0.25, -0.2) is 0 Å². The summed E-state index contributed by atoms with van der Waals surface area (Å²) in [5.74, 6) is 0.168. The van der Waals surface area contributed by atoms with Gasteiger partial charge in [-0.1, -0.05) is 0 Å². The molecule has 0 fully saturated rings. The molecule has 0 saturated carbocycles. The predicted molar refractivity (Wildman–Crippen MR) is 77.9 cm³/mol. The van der Waals surface area contributed by atoms with E-state index in [0.29, 0.717) is 22.4 Å². The lowest BCUT2D eigenvalue weighted by atomic mass is 10.0. The third kappa shape index (κ3) is 2.54. The normalized spacial score (nSPS) is 14.3. The van der Waals surface area contributed by atoms with Crippen LogP contribution >= 0.6 is 15.9 Å². The molecule has 0 aliphatic carbocycles. The first kappa shape index (κ1) is 13.1. The van der Waals surface area contributed by atoms with Crippen molar-refractivity contribution < 1.29 is 14.0 Å². The first-order valence-electron chi connectivity index (χ1n) is 6.36. The monoisotopic (exact) mass is 333 g/mol. The maximum absolute atomic E-state index is 12.3. The van der Waals surface area contributed by atoms with E-state index in [1.807, 2.05) is 6.07 Å². The first-order chi connectivity index (χ1) is 9.63. The Labute approximate surface area is 124 Å². The molecule has 0 saturated heterocycles. The van der Waals surface area contributed by atoms with Crippen molar-refractivity contribution in [1.82, 2.24) is 0 Å². The Morgan fingerprint density at radius 3 is 2.80 bits per heavy atom. The maximum Gasteiger partial charge on any atom is 0.228 e. The second-order valence-electron chi connectivity index (χ2n) is 4.71. The minimum Gasteiger partial charge on any atom is -0.446 e. The zero-order valence-electron chi connectivity index (χ0n) is 10.6. The van der Waals surface area contributed by atoms with E-state index in [2.05, 4.69) is 21.2 Å². The van der Waals surface area contributed by atoms with Gasteiger partial charge in [0.15, 0.2) is 10.4 Å². The molecule has 1 aliphatic rings. The quantitative estimate of drug-likeness (QED) is 0.855. The zero-order chi connectivity index (χ0) is 14.1. The minimum absolute atomic E-state index is 0.0257. The Hall–Kier alpha value is -1.88. The predicted octanol–water partition coefficient (Wildman–Crippen LogP) is 3.55. The second-order valence-corrected chi connectivity index (χ2v) is 5.49. The van der Waals surface area contributed by atoms with Crippen LogP contribution in [0.5, 0.6) is 0 Å². The van der Waals surface area contributed by atoms with Gasteiger partial charge in [0, 0.05) is 17.7 Å². The van der Waals surface area contributed by atoms with E-state index in [9.17, 15) is 9.59 Å². The Morgan fingerprint density at radius 1 is 1.20 bits per heavy atom. The van der Waals surface area contributed by atoms with Gasteiger partial charge in [-0.2, -0.15) is 0 Å². The highest BCUT2D eigenvalue weighted by Crippen LogP contribution is 2.25. The van der Waals surface area contributed by atoms with Gasteiger partial charge >= 0.3 is 0 Å². The van der Waals surface area contributed by atoms with Crippen molar-refractivity contribution in [2.45, 2.75) is 19.3 Å². The number of anilines is 1. The summed E-state index contributed by atoms with van der Waals surface area (Å²) in [5, 5.41) is 2.85. The van der Waals surface area contributed by atoms with Crippen LogP contribution in [0.15, 0.2) is 39.4 Å². The van der Waals surface area contributed by atoms with Crippen molar-refractivity contribution in [1.29, 1.82) is 0 Å². The molecule has 102 valence electrons. The van der Waals surface area contributed by atoms with Gasteiger partial charge in [0.05, 0.1) is 0 Å². The number of aryl methyl sites for hydroxylation is 1. The first-order valence-corrected chi connectivity index (χ1v) is 7.15. The number of nitrogens with one attached hydrogen (secondary N) is 1. The lowest BCUT2D eigenvalue weighted by Gasteiger charge is -2.08. The van der Waals surface area contributed by atoms with Crippen molar-refractivity contribution in [2.75, 3.05) is 5.32 Å². The van der Waals surface area contributed by atoms with E-state index >= 15 is 0 Å². The third-order valence-electron chi connectivity index (χ3n) is 3.29. The summed E-state index contributed by atoms with van der Waals surface area (Å²) in [6.45, 7) is 0. The van der Waals surface area contributed by atoms with Crippen LogP contribution in [0.1, 0.15) is 34.5 Å². The number of fused-ring (bicyclic) bond motifs is 1. The number of benzene rings is 1.